The van der Waals surface area contributed by atoms with Crippen LogP contribution in [-0.2, 0) is 0 Å². The average Bonchev–Trinajstić information content (AvgIpc) is 2.28. The predicted octanol–water partition coefficient (Wildman–Crippen LogP) is 2.06. The third-order valence-electron chi connectivity index (χ3n) is 2.19. The van der Waals surface area contributed by atoms with Crippen molar-refractivity contribution in [2.45, 2.75) is 12.6 Å². The molecule has 1 aromatic rings. The summed E-state index contributed by atoms with van der Waals surface area (Å²) in [5.41, 5.74) is 5.81. The minimum absolute atomic E-state index is 0.281. The van der Waals surface area contributed by atoms with Crippen LogP contribution in [0, 0.1) is 0 Å². The highest BCUT2D eigenvalue weighted by atomic mass is 19.1. The second-order valence-corrected chi connectivity index (χ2v) is 3.15. The lowest BCUT2D eigenvalue weighted by atomic mass is 10.1. The zero-order valence-electron chi connectivity index (χ0n) is 9.00. The molecule has 2 N–H and O–H groups in total. The van der Waals surface area contributed by atoms with Crippen LogP contribution in [0.15, 0.2) is 18.2 Å². The van der Waals surface area contributed by atoms with Crippen LogP contribution >= 0.6 is 0 Å². The normalized spacial score (nSPS) is 12.3. The molecule has 0 fully saturated rings. The molecule has 1 atom stereocenters. The Labute approximate surface area is 89.0 Å². The lowest BCUT2D eigenvalue weighted by Crippen LogP contribution is -2.05. The SMILES string of the molecule is COc1ccc(OC)c(C(F)CCN)c1. The van der Waals surface area contributed by atoms with Gasteiger partial charge in [0.2, 0.25) is 0 Å². The zero-order valence-corrected chi connectivity index (χ0v) is 9.00. The van der Waals surface area contributed by atoms with Crippen LogP contribution in [0.4, 0.5) is 4.39 Å². The molecule has 0 aliphatic heterocycles. The van der Waals surface area contributed by atoms with Crippen molar-refractivity contribution in [1.29, 1.82) is 0 Å². The van der Waals surface area contributed by atoms with Crippen molar-refractivity contribution in [1.82, 2.24) is 0 Å². The molecule has 0 bridgehead atoms. The predicted molar refractivity (Wildman–Crippen MR) is 57.1 cm³/mol. The van der Waals surface area contributed by atoms with Gasteiger partial charge >= 0.3 is 0 Å². The van der Waals surface area contributed by atoms with Gasteiger partial charge in [-0.25, -0.2) is 4.39 Å². The largest absolute Gasteiger partial charge is 0.497 e. The number of methoxy groups -OCH3 is 2. The highest BCUT2D eigenvalue weighted by Gasteiger charge is 2.15. The van der Waals surface area contributed by atoms with E-state index in [0.29, 0.717) is 23.6 Å². The zero-order chi connectivity index (χ0) is 11.3. The second kappa shape index (κ2) is 5.56. The molecule has 0 radical (unpaired) electrons. The second-order valence-electron chi connectivity index (χ2n) is 3.15. The van der Waals surface area contributed by atoms with Gasteiger partial charge in [-0.2, -0.15) is 0 Å². The summed E-state index contributed by atoms with van der Waals surface area (Å²) in [4.78, 5) is 0. The van der Waals surface area contributed by atoms with Gasteiger partial charge in [0.15, 0.2) is 0 Å². The summed E-state index contributed by atoms with van der Waals surface area (Å²) in [5, 5.41) is 0. The van der Waals surface area contributed by atoms with Crippen molar-refractivity contribution in [2.24, 2.45) is 5.73 Å². The van der Waals surface area contributed by atoms with Crippen molar-refractivity contribution >= 4 is 0 Å². The Kier molecular flexibility index (Phi) is 4.37. The molecule has 84 valence electrons. The fourth-order valence-electron chi connectivity index (χ4n) is 1.39. The molecule has 0 aliphatic carbocycles. The third kappa shape index (κ3) is 2.83. The maximum absolute atomic E-state index is 13.7. The van der Waals surface area contributed by atoms with Crippen LogP contribution < -0.4 is 15.2 Å². The van der Waals surface area contributed by atoms with Gasteiger partial charge in [0, 0.05) is 5.56 Å². The number of ether oxygens (including phenoxy) is 2. The Bertz CT molecular complexity index is 317. The molecule has 0 saturated carbocycles. The van der Waals surface area contributed by atoms with Crippen LogP contribution in [-0.4, -0.2) is 20.8 Å². The third-order valence-corrected chi connectivity index (χ3v) is 2.19. The number of rotatable bonds is 5. The van der Waals surface area contributed by atoms with Gasteiger partial charge in [0.25, 0.3) is 0 Å². The molecule has 0 aliphatic rings. The maximum Gasteiger partial charge on any atom is 0.130 e. The monoisotopic (exact) mass is 213 g/mol. The van der Waals surface area contributed by atoms with E-state index >= 15 is 0 Å². The molecular weight excluding hydrogens is 197 g/mol. The summed E-state index contributed by atoms with van der Waals surface area (Å²) >= 11 is 0. The van der Waals surface area contributed by atoms with E-state index in [1.165, 1.54) is 7.11 Å². The Morgan fingerprint density at radius 1 is 1.33 bits per heavy atom. The number of hydrogen-bond acceptors (Lipinski definition) is 3. The van der Waals surface area contributed by atoms with Gasteiger partial charge < -0.3 is 15.2 Å². The summed E-state index contributed by atoms with van der Waals surface area (Å²) in [6.07, 6.45) is -0.830. The maximum atomic E-state index is 13.7. The van der Waals surface area contributed by atoms with Crippen molar-refractivity contribution < 1.29 is 13.9 Å². The van der Waals surface area contributed by atoms with Crippen molar-refractivity contribution in [3.63, 3.8) is 0 Å². The standard InChI is InChI=1S/C11H16FNO2/c1-14-8-3-4-11(15-2)9(7-8)10(12)5-6-13/h3-4,7,10H,5-6,13H2,1-2H3. The molecule has 3 nitrogen and oxygen atoms in total. The van der Waals surface area contributed by atoms with Crippen LogP contribution in [0.5, 0.6) is 11.5 Å². The first-order valence-electron chi connectivity index (χ1n) is 4.79. The Balaban J connectivity index is 3.00. The van der Waals surface area contributed by atoms with Gasteiger partial charge in [-0.3, -0.25) is 0 Å². The molecule has 0 amide bonds. The van der Waals surface area contributed by atoms with Crippen LogP contribution in [0.2, 0.25) is 0 Å². The summed E-state index contributed by atoms with van der Waals surface area (Å²) in [7, 11) is 3.06. The van der Waals surface area contributed by atoms with Crippen LogP contribution in [0.3, 0.4) is 0 Å². The van der Waals surface area contributed by atoms with Gasteiger partial charge in [0.1, 0.15) is 17.7 Å². The molecular formula is C11H16FNO2. The summed E-state index contributed by atoms with van der Waals surface area (Å²) in [5.74, 6) is 1.14. The molecule has 1 unspecified atom stereocenters. The molecule has 1 aromatic carbocycles. The van der Waals surface area contributed by atoms with Gasteiger partial charge in [0.05, 0.1) is 14.2 Å². The van der Waals surface area contributed by atoms with Crippen LogP contribution in [0.1, 0.15) is 18.2 Å². The van der Waals surface area contributed by atoms with Crippen molar-refractivity contribution in [3.05, 3.63) is 23.8 Å². The van der Waals surface area contributed by atoms with E-state index in [4.69, 9.17) is 15.2 Å². The first-order chi connectivity index (χ1) is 7.22. The van der Waals surface area contributed by atoms with E-state index < -0.39 is 6.17 Å². The van der Waals surface area contributed by atoms with Gasteiger partial charge in [-0.05, 0) is 31.2 Å². The number of halogens is 1. The van der Waals surface area contributed by atoms with Crippen molar-refractivity contribution in [3.8, 4) is 11.5 Å². The fraction of sp³-hybridized carbons (Fsp3) is 0.455. The number of alkyl halides is 1. The van der Waals surface area contributed by atoms with Gasteiger partial charge in [-0.1, -0.05) is 0 Å². The highest BCUT2D eigenvalue weighted by molar-refractivity contribution is 5.41. The first-order valence-corrected chi connectivity index (χ1v) is 4.79. The highest BCUT2D eigenvalue weighted by Crippen LogP contribution is 2.32. The van der Waals surface area contributed by atoms with Gasteiger partial charge in [-0.15, -0.1) is 0 Å². The number of benzene rings is 1. The molecule has 0 spiro atoms. The van der Waals surface area contributed by atoms with Crippen molar-refractivity contribution in [2.75, 3.05) is 20.8 Å². The Hall–Kier alpha value is -1.29. The van der Waals surface area contributed by atoms with E-state index in [-0.39, 0.29) is 6.42 Å². The fourth-order valence-corrected chi connectivity index (χ4v) is 1.39. The van der Waals surface area contributed by atoms with Crippen LogP contribution in [0.25, 0.3) is 0 Å². The summed E-state index contributed by atoms with van der Waals surface area (Å²) < 4.78 is 23.8. The molecule has 0 saturated heterocycles. The Morgan fingerprint density at radius 2 is 2.07 bits per heavy atom. The first kappa shape index (κ1) is 11.8. The molecule has 0 aromatic heterocycles. The van der Waals surface area contributed by atoms with E-state index in [2.05, 4.69) is 0 Å². The quantitative estimate of drug-likeness (QED) is 0.814. The van der Waals surface area contributed by atoms with E-state index in [0.717, 1.165) is 0 Å². The lowest BCUT2D eigenvalue weighted by molar-refractivity contribution is 0.309. The summed E-state index contributed by atoms with van der Waals surface area (Å²) in [6, 6.07) is 5.06. The van der Waals surface area contributed by atoms with E-state index in [1.807, 2.05) is 0 Å². The van der Waals surface area contributed by atoms with E-state index in [9.17, 15) is 4.39 Å². The molecule has 0 heterocycles. The molecule has 15 heavy (non-hydrogen) atoms. The lowest BCUT2D eigenvalue weighted by Gasteiger charge is -2.13. The minimum Gasteiger partial charge on any atom is -0.497 e. The smallest absolute Gasteiger partial charge is 0.130 e. The molecule has 4 heteroatoms. The Morgan fingerprint density at radius 3 is 2.60 bits per heavy atom. The topological polar surface area (TPSA) is 44.5 Å². The average molecular weight is 213 g/mol. The molecule has 1 rings (SSSR count). The number of hydrogen-bond donors (Lipinski definition) is 1. The number of nitrogens with two attached hydrogens (primary N) is 1. The summed E-state index contributed by atoms with van der Waals surface area (Å²) in [6.45, 7) is 0.307. The van der Waals surface area contributed by atoms with E-state index in [1.54, 1.807) is 25.3 Å². The minimum atomic E-state index is -1.11.